The number of carbonyl (C=O) groups is 1. The number of H-pyrrole nitrogens is 1. The fourth-order valence-corrected chi connectivity index (χ4v) is 2.31. The van der Waals surface area contributed by atoms with Crippen molar-refractivity contribution in [3.05, 3.63) is 50.3 Å². The number of carbonyl (C=O) groups excluding carboxylic acids is 1. The van der Waals surface area contributed by atoms with Gasteiger partial charge in [-0.3, -0.25) is 9.59 Å². The molecule has 2 aromatic rings. The third kappa shape index (κ3) is 3.04. The SMILES string of the molecule is CCc1noc(C)c1C(=O)NCc1c(C)cc(C)[nH]c1=O. The van der Waals surface area contributed by atoms with Gasteiger partial charge in [-0.25, -0.2) is 0 Å². The van der Waals surface area contributed by atoms with E-state index in [0.29, 0.717) is 29.0 Å². The van der Waals surface area contributed by atoms with Gasteiger partial charge in [0.2, 0.25) is 0 Å². The maximum Gasteiger partial charge on any atom is 0.257 e. The summed E-state index contributed by atoms with van der Waals surface area (Å²) in [5, 5.41) is 6.61. The van der Waals surface area contributed by atoms with E-state index in [9.17, 15) is 9.59 Å². The van der Waals surface area contributed by atoms with Gasteiger partial charge >= 0.3 is 0 Å². The molecule has 0 fully saturated rings. The van der Waals surface area contributed by atoms with Gasteiger partial charge in [-0.1, -0.05) is 12.1 Å². The predicted octanol–water partition coefficient (Wildman–Crippen LogP) is 1.78. The van der Waals surface area contributed by atoms with Crippen LogP contribution in [0.5, 0.6) is 0 Å². The van der Waals surface area contributed by atoms with E-state index in [4.69, 9.17) is 4.52 Å². The van der Waals surface area contributed by atoms with Crippen molar-refractivity contribution in [3.8, 4) is 0 Å². The number of hydrogen-bond acceptors (Lipinski definition) is 4. The highest BCUT2D eigenvalue weighted by Gasteiger charge is 2.19. The highest BCUT2D eigenvalue weighted by Crippen LogP contribution is 2.14. The molecule has 0 radical (unpaired) electrons. The zero-order chi connectivity index (χ0) is 15.6. The van der Waals surface area contributed by atoms with E-state index < -0.39 is 0 Å². The molecule has 6 heteroatoms. The van der Waals surface area contributed by atoms with Crippen molar-refractivity contribution in [2.75, 3.05) is 0 Å². The number of aromatic amines is 1. The van der Waals surface area contributed by atoms with Crippen LogP contribution in [0.2, 0.25) is 0 Å². The molecule has 0 aromatic carbocycles. The van der Waals surface area contributed by atoms with Gasteiger partial charge in [-0.05, 0) is 38.8 Å². The summed E-state index contributed by atoms with van der Waals surface area (Å²) in [5.74, 6) is 0.212. The van der Waals surface area contributed by atoms with Crippen molar-refractivity contribution < 1.29 is 9.32 Å². The quantitative estimate of drug-likeness (QED) is 0.898. The number of nitrogens with zero attached hydrogens (tertiary/aromatic N) is 1. The summed E-state index contributed by atoms with van der Waals surface area (Å²) in [6.45, 7) is 7.46. The Kier molecular flexibility index (Phi) is 4.26. The number of rotatable bonds is 4. The smallest absolute Gasteiger partial charge is 0.257 e. The third-order valence-electron chi connectivity index (χ3n) is 3.41. The molecule has 21 heavy (non-hydrogen) atoms. The van der Waals surface area contributed by atoms with E-state index in [1.54, 1.807) is 6.92 Å². The molecule has 2 rings (SSSR count). The number of pyridine rings is 1. The van der Waals surface area contributed by atoms with E-state index in [1.165, 1.54) is 0 Å². The molecule has 0 saturated heterocycles. The lowest BCUT2D eigenvalue weighted by molar-refractivity contribution is 0.0948. The number of aryl methyl sites for hydroxylation is 4. The van der Waals surface area contributed by atoms with Gasteiger partial charge in [0.1, 0.15) is 11.3 Å². The van der Waals surface area contributed by atoms with Crippen LogP contribution in [0.1, 0.15) is 45.6 Å². The fraction of sp³-hybridized carbons (Fsp3) is 0.400. The third-order valence-corrected chi connectivity index (χ3v) is 3.41. The Morgan fingerprint density at radius 2 is 2.10 bits per heavy atom. The number of aromatic nitrogens is 2. The van der Waals surface area contributed by atoms with Crippen LogP contribution in [0.15, 0.2) is 15.4 Å². The molecule has 0 atom stereocenters. The summed E-state index contributed by atoms with van der Waals surface area (Å²) in [6, 6.07) is 1.88. The second kappa shape index (κ2) is 5.95. The minimum atomic E-state index is -0.273. The first kappa shape index (κ1) is 15.0. The number of nitrogens with one attached hydrogen (secondary N) is 2. The molecular formula is C15H19N3O3. The second-order valence-electron chi connectivity index (χ2n) is 5.04. The van der Waals surface area contributed by atoms with Crippen LogP contribution in [0.3, 0.4) is 0 Å². The molecule has 1 amide bonds. The van der Waals surface area contributed by atoms with Crippen molar-refractivity contribution >= 4 is 5.91 Å². The first-order valence-electron chi connectivity index (χ1n) is 6.86. The van der Waals surface area contributed by atoms with Crippen LogP contribution in [0.25, 0.3) is 0 Å². The monoisotopic (exact) mass is 289 g/mol. The molecule has 112 valence electrons. The Morgan fingerprint density at radius 1 is 1.38 bits per heavy atom. The maximum atomic E-state index is 12.2. The van der Waals surface area contributed by atoms with Gasteiger partial charge in [0, 0.05) is 17.8 Å². The highest BCUT2D eigenvalue weighted by molar-refractivity contribution is 5.96. The Labute approximate surface area is 122 Å². The number of amides is 1. The Morgan fingerprint density at radius 3 is 2.71 bits per heavy atom. The molecule has 0 aliphatic rings. The lowest BCUT2D eigenvalue weighted by Gasteiger charge is -2.08. The van der Waals surface area contributed by atoms with E-state index in [0.717, 1.165) is 11.3 Å². The van der Waals surface area contributed by atoms with Crippen LogP contribution < -0.4 is 10.9 Å². The standard InChI is InChI=1S/C15H19N3O3/c1-5-12-13(10(4)21-18-12)15(20)16-7-11-8(2)6-9(3)17-14(11)19/h6H,5,7H2,1-4H3,(H,16,20)(H,17,19). The molecule has 0 saturated carbocycles. The molecule has 0 aliphatic carbocycles. The molecule has 6 nitrogen and oxygen atoms in total. The summed E-state index contributed by atoms with van der Waals surface area (Å²) in [7, 11) is 0. The van der Waals surface area contributed by atoms with Crippen LogP contribution in [0, 0.1) is 20.8 Å². The maximum absolute atomic E-state index is 12.2. The minimum Gasteiger partial charge on any atom is -0.361 e. The van der Waals surface area contributed by atoms with Crippen molar-refractivity contribution in [2.24, 2.45) is 0 Å². The van der Waals surface area contributed by atoms with Crippen LogP contribution in [-0.2, 0) is 13.0 Å². The largest absolute Gasteiger partial charge is 0.361 e. The van der Waals surface area contributed by atoms with E-state index in [-0.39, 0.29) is 18.0 Å². The Balaban J connectivity index is 2.19. The van der Waals surface area contributed by atoms with E-state index in [2.05, 4.69) is 15.5 Å². The molecule has 2 N–H and O–H groups in total. The lowest BCUT2D eigenvalue weighted by atomic mass is 10.1. The van der Waals surface area contributed by atoms with Gasteiger partial charge in [-0.15, -0.1) is 0 Å². The topological polar surface area (TPSA) is 88.0 Å². The van der Waals surface area contributed by atoms with Gasteiger partial charge in [0.05, 0.1) is 5.69 Å². The Hall–Kier alpha value is -2.37. The highest BCUT2D eigenvalue weighted by atomic mass is 16.5. The second-order valence-corrected chi connectivity index (χ2v) is 5.04. The summed E-state index contributed by atoms with van der Waals surface area (Å²) >= 11 is 0. The van der Waals surface area contributed by atoms with Gasteiger partial charge < -0.3 is 14.8 Å². The van der Waals surface area contributed by atoms with Crippen molar-refractivity contribution in [1.29, 1.82) is 0 Å². The van der Waals surface area contributed by atoms with Crippen LogP contribution in [0.4, 0.5) is 0 Å². The number of hydrogen-bond donors (Lipinski definition) is 2. The normalized spacial score (nSPS) is 10.7. The lowest BCUT2D eigenvalue weighted by Crippen LogP contribution is -2.28. The molecule has 2 heterocycles. The van der Waals surface area contributed by atoms with Crippen molar-refractivity contribution in [2.45, 2.75) is 40.7 Å². The summed E-state index contributed by atoms with van der Waals surface area (Å²) in [4.78, 5) is 26.9. The van der Waals surface area contributed by atoms with Crippen molar-refractivity contribution in [3.63, 3.8) is 0 Å². The minimum absolute atomic E-state index is 0.175. The van der Waals surface area contributed by atoms with Gasteiger partial charge in [0.15, 0.2) is 0 Å². The Bertz CT molecular complexity index is 728. The van der Waals surface area contributed by atoms with Crippen LogP contribution in [-0.4, -0.2) is 16.0 Å². The van der Waals surface area contributed by atoms with E-state index >= 15 is 0 Å². The molecule has 0 unspecified atom stereocenters. The van der Waals surface area contributed by atoms with E-state index in [1.807, 2.05) is 26.8 Å². The molecular weight excluding hydrogens is 270 g/mol. The van der Waals surface area contributed by atoms with Crippen molar-refractivity contribution in [1.82, 2.24) is 15.5 Å². The molecule has 0 aliphatic heterocycles. The first-order valence-corrected chi connectivity index (χ1v) is 6.86. The zero-order valence-electron chi connectivity index (χ0n) is 12.7. The summed E-state index contributed by atoms with van der Waals surface area (Å²) in [6.07, 6.45) is 0.615. The first-order chi connectivity index (χ1) is 9.93. The van der Waals surface area contributed by atoms with Crippen LogP contribution >= 0.6 is 0 Å². The fourth-order valence-electron chi connectivity index (χ4n) is 2.31. The summed E-state index contributed by atoms with van der Waals surface area (Å²) < 4.78 is 5.04. The predicted molar refractivity (Wildman–Crippen MR) is 78.3 cm³/mol. The molecule has 0 bridgehead atoms. The average molecular weight is 289 g/mol. The van der Waals surface area contributed by atoms with Gasteiger partial charge in [0.25, 0.3) is 11.5 Å². The molecule has 0 spiro atoms. The average Bonchev–Trinajstić information content (AvgIpc) is 2.78. The van der Waals surface area contributed by atoms with Gasteiger partial charge in [-0.2, -0.15) is 0 Å². The zero-order valence-corrected chi connectivity index (χ0v) is 12.7. The molecule has 2 aromatic heterocycles. The summed E-state index contributed by atoms with van der Waals surface area (Å²) in [5.41, 5.74) is 3.12.